The van der Waals surface area contributed by atoms with Gasteiger partial charge in [0.15, 0.2) is 0 Å². The van der Waals surface area contributed by atoms with E-state index in [0.717, 1.165) is 0 Å². The Bertz CT molecular complexity index is 219. The second-order valence-corrected chi connectivity index (χ2v) is 4.08. The number of rotatable bonds is 3. The molecule has 1 N–H and O–H groups in total. The van der Waals surface area contributed by atoms with Gasteiger partial charge in [-0.3, -0.25) is 0 Å². The van der Waals surface area contributed by atoms with Crippen LogP contribution in [0, 0.1) is 5.92 Å². The fraction of sp³-hybridized carbons (Fsp3) is 0.778. The van der Waals surface area contributed by atoms with Crippen molar-refractivity contribution in [3.63, 3.8) is 0 Å². The van der Waals surface area contributed by atoms with Gasteiger partial charge in [-0.2, -0.15) is 0 Å². The molecule has 0 amide bonds. The lowest BCUT2D eigenvalue weighted by molar-refractivity contribution is -0.0185. The molecule has 0 rings (SSSR count). The van der Waals surface area contributed by atoms with E-state index >= 15 is 0 Å². The molecule has 5 nitrogen and oxygen atoms in total. The van der Waals surface area contributed by atoms with E-state index in [4.69, 9.17) is 9.84 Å². The minimum absolute atomic E-state index is 0.350. The summed E-state index contributed by atoms with van der Waals surface area (Å²) in [5.41, 5.74) is -0.708. The van der Waals surface area contributed by atoms with Gasteiger partial charge >= 0.3 is 12.3 Å². The molecule has 0 aliphatic rings. The maximum atomic E-state index is 10.8. The molecule has 5 heteroatoms. The lowest BCUT2D eigenvalue weighted by atomic mass is 9.96. The largest absolute Gasteiger partial charge is 0.519 e. The summed E-state index contributed by atoms with van der Waals surface area (Å²) in [7, 11) is 0. The number of ether oxygens (including phenoxy) is 2. The van der Waals surface area contributed by atoms with Gasteiger partial charge in [0.05, 0.1) is 0 Å². The van der Waals surface area contributed by atoms with E-state index < -0.39 is 17.9 Å². The van der Waals surface area contributed by atoms with Crippen LogP contribution in [0.2, 0.25) is 0 Å². The van der Waals surface area contributed by atoms with Crippen LogP contribution in [-0.4, -0.2) is 23.0 Å². The summed E-state index contributed by atoms with van der Waals surface area (Å²) < 4.78 is 8.64. The molecule has 0 aliphatic carbocycles. The molecule has 0 unspecified atom stereocenters. The fourth-order valence-corrected chi connectivity index (χ4v) is 1.34. The van der Waals surface area contributed by atoms with E-state index in [1.165, 1.54) is 0 Å². The van der Waals surface area contributed by atoms with Crippen molar-refractivity contribution >= 4 is 12.3 Å². The van der Waals surface area contributed by atoms with Crippen LogP contribution in [0.4, 0.5) is 9.59 Å². The average Bonchev–Trinajstić information content (AvgIpc) is 1.77. The van der Waals surface area contributed by atoms with Crippen molar-refractivity contribution in [3.8, 4) is 0 Å². The molecule has 0 radical (unpaired) electrons. The van der Waals surface area contributed by atoms with Crippen LogP contribution in [0.1, 0.15) is 34.1 Å². The highest BCUT2D eigenvalue weighted by molar-refractivity contribution is 5.75. The average molecular weight is 204 g/mol. The van der Waals surface area contributed by atoms with E-state index in [9.17, 15) is 9.59 Å². The molecule has 0 saturated carbocycles. The highest BCUT2D eigenvalue weighted by Crippen LogP contribution is 2.20. The summed E-state index contributed by atoms with van der Waals surface area (Å²) in [5, 5.41) is 8.14. The first-order chi connectivity index (χ1) is 6.23. The second-order valence-electron chi connectivity index (χ2n) is 4.08. The Morgan fingerprint density at radius 3 is 2.21 bits per heavy atom. The maximum absolute atomic E-state index is 10.8. The molecule has 0 bridgehead atoms. The molecule has 0 atom stereocenters. The summed E-state index contributed by atoms with van der Waals surface area (Å²) in [6.07, 6.45) is -2.19. The maximum Gasteiger partial charge on any atom is 0.519 e. The monoisotopic (exact) mass is 204 g/mol. The fourth-order valence-electron chi connectivity index (χ4n) is 1.34. The van der Waals surface area contributed by atoms with Crippen molar-refractivity contribution in [2.45, 2.75) is 39.7 Å². The Labute approximate surface area is 83.0 Å². The molecule has 0 aromatic carbocycles. The van der Waals surface area contributed by atoms with Crippen LogP contribution in [0.5, 0.6) is 0 Å². The molecular weight excluding hydrogens is 188 g/mol. The number of carboxylic acid groups (broad SMARTS) is 1. The Morgan fingerprint density at radius 1 is 1.36 bits per heavy atom. The topological polar surface area (TPSA) is 72.8 Å². The van der Waals surface area contributed by atoms with Crippen molar-refractivity contribution in [1.29, 1.82) is 0 Å². The molecule has 0 aromatic rings. The predicted octanol–water partition coefficient (Wildman–Crippen LogP) is 2.64. The predicted molar refractivity (Wildman–Crippen MR) is 49.1 cm³/mol. The molecular formula is C9H16O5. The number of carbonyl (C=O) groups is 2. The SMILES string of the molecule is CC(C)CC(C)(C)OC(=O)OC(=O)O. The zero-order chi connectivity index (χ0) is 11.4. The summed E-state index contributed by atoms with van der Waals surface area (Å²) in [5.74, 6) is 0.350. The van der Waals surface area contributed by atoms with Crippen LogP contribution >= 0.6 is 0 Å². The third-order valence-electron chi connectivity index (χ3n) is 1.43. The highest BCUT2D eigenvalue weighted by atomic mass is 16.8. The van der Waals surface area contributed by atoms with Gasteiger partial charge in [0.25, 0.3) is 0 Å². The highest BCUT2D eigenvalue weighted by Gasteiger charge is 2.26. The minimum Gasteiger partial charge on any atom is -0.449 e. The molecule has 0 fully saturated rings. The van der Waals surface area contributed by atoms with Crippen molar-refractivity contribution < 1.29 is 24.2 Å². The van der Waals surface area contributed by atoms with Crippen molar-refractivity contribution in [2.75, 3.05) is 0 Å². The van der Waals surface area contributed by atoms with Crippen molar-refractivity contribution in [3.05, 3.63) is 0 Å². The Balaban J connectivity index is 4.08. The van der Waals surface area contributed by atoms with Gasteiger partial charge in [0.2, 0.25) is 0 Å². The van der Waals surface area contributed by atoms with Crippen LogP contribution in [0.25, 0.3) is 0 Å². The van der Waals surface area contributed by atoms with Crippen LogP contribution in [0.3, 0.4) is 0 Å². The van der Waals surface area contributed by atoms with E-state index in [0.29, 0.717) is 12.3 Å². The van der Waals surface area contributed by atoms with Crippen LogP contribution in [0.15, 0.2) is 0 Å². The summed E-state index contributed by atoms with van der Waals surface area (Å²) in [4.78, 5) is 20.8. The Hall–Kier alpha value is -1.26. The number of carbonyl (C=O) groups excluding carboxylic acids is 1. The number of hydrogen-bond acceptors (Lipinski definition) is 4. The van der Waals surface area contributed by atoms with E-state index in [2.05, 4.69) is 4.74 Å². The number of hydrogen-bond donors (Lipinski definition) is 1. The van der Waals surface area contributed by atoms with Gasteiger partial charge < -0.3 is 14.6 Å². The first-order valence-corrected chi connectivity index (χ1v) is 4.36. The first kappa shape index (κ1) is 12.7. The zero-order valence-electron chi connectivity index (χ0n) is 8.86. The van der Waals surface area contributed by atoms with E-state index in [-0.39, 0.29) is 0 Å². The van der Waals surface area contributed by atoms with Crippen molar-refractivity contribution in [2.24, 2.45) is 5.92 Å². The van der Waals surface area contributed by atoms with Gasteiger partial charge in [-0.15, -0.1) is 0 Å². The molecule has 14 heavy (non-hydrogen) atoms. The minimum atomic E-state index is -1.66. The van der Waals surface area contributed by atoms with Gasteiger partial charge in [-0.05, 0) is 26.2 Å². The summed E-state index contributed by atoms with van der Waals surface area (Å²) in [6.45, 7) is 7.37. The third kappa shape index (κ3) is 6.28. The lowest BCUT2D eigenvalue weighted by Gasteiger charge is -2.25. The normalized spacial score (nSPS) is 11.2. The van der Waals surface area contributed by atoms with Crippen molar-refractivity contribution in [1.82, 2.24) is 0 Å². The quantitative estimate of drug-likeness (QED) is 0.565. The molecule has 0 heterocycles. The lowest BCUT2D eigenvalue weighted by Crippen LogP contribution is -2.30. The Morgan fingerprint density at radius 2 is 1.86 bits per heavy atom. The molecule has 82 valence electrons. The molecule has 0 spiro atoms. The van der Waals surface area contributed by atoms with Crippen LogP contribution < -0.4 is 0 Å². The third-order valence-corrected chi connectivity index (χ3v) is 1.43. The second kappa shape index (κ2) is 4.83. The summed E-state index contributed by atoms with van der Waals surface area (Å²) >= 11 is 0. The van der Waals surface area contributed by atoms with E-state index in [1.54, 1.807) is 13.8 Å². The molecule has 0 saturated heterocycles. The van der Waals surface area contributed by atoms with Gasteiger partial charge in [0, 0.05) is 0 Å². The summed E-state index contributed by atoms with van der Waals surface area (Å²) in [6, 6.07) is 0. The smallest absolute Gasteiger partial charge is 0.449 e. The Kier molecular flexibility index (Phi) is 4.40. The standard InChI is InChI=1S/C9H16O5/c1-6(2)5-9(3,4)14-8(12)13-7(10)11/h6H,5H2,1-4H3,(H,10,11). The molecule has 0 aliphatic heterocycles. The van der Waals surface area contributed by atoms with Gasteiger partial charge in [-0.25, -0.2) is 9.59 Å². The van der Waals surface area contributed by atoms with Gasteiger partial charge in [0.1, 0.15) is 5.60 Å². The van der Waals surface area contributed by atoms with Crippen LogP contribution in [-0.2, 0) is 9.47 Å². The molecule has 0 aromatic heterocycles. The first-order valence-electron chi connectivity index (χ1n) is 4.36. The van der Waals surface area contributed by atoms with E-state index in [1.807, 2.05) is 13.8 Å². The zero-order valence-corrected chi connectivity index (χ0v) is 8.86. The van der Waals surface area contributed by atoms with Gasteiger partial charge in [-0.1, -0.05) is 13.8 Å².